The van der Waals surface area contributed by atoms with E-state index in [0.29, 0.717) is 24.1 Å². The van der Waals surface area contributed by atoms with E-state index in [9.17, 15) is 14.4 Å². The Bertz CT molecular complexity index is 609. The molecule has 0 unspecified atom stereocenters. The van der Waals surface area contributed by atoms with E-state index in [0.717, 1.165) is 19.3 Å². The van der Waals surface area contributed by atoms with Gasteiger partial charge in [0.05, 0.1) is 12.1 Å². The number of anilines is 1. The van der Waals surface area contributed by atoms with Crippen LogP contribution in [0, 0.1) is 0 Å². The Hall–Kier alpha value is -2.41. The Labute approximate surface area is 134 Å². The van der Waals surface area contributed by atoms with E-state index in [1.165, 1.54) is 0 Å². The number of carbonyl (C=O) groups excluding carboxylic acids is 3. The summed E-state index contributed by atoms with van der Waals surface area (Å²) < 4.78 is 0. The van der Waals surface area contributed by atoms with Gasteiger partial charge in [-0.3, -0.25) is 14.4 Å². The lowest BCUT2D eigenvalue weighted by Gasteiger charge is -2.31. The van der Waals surface area contributed by atoms with Crippen molar-refractivity contribution in [3.8, 4) is 0 Å². The molecule has 1 saturated carbocycles. The first-order valence-corrected chi connectivity index (χ1v) is 7.68. The van der Waals surface area contributed by atoms with Crippen molar-refractivity contribution in [2.24, 2.45) is 11.5 Å². The smallest absolute Gasteiger partial charge is 0.251 e. The van der Waals surface area contributed by atoms with Crippen LogP contribution in [0.2, 0.25) is 0 Å². The van der Waals surface area contributed by atoms with Gasteiger partial charge < -0.3 is 22.1 Å². The van der Waals surface area contributed by atoms with Gasteiger partial charge in [-0.05, 0) is 31.0 Å². The fourth-order valence-corrected chi connectivity index (χ4v) is 2.67. The van der Waals surface area contributed by atoms with Gasteiger partial charge in [0.1, 0.15) is 0 Å². The number of hydrogen-bond acceptors (Lipinski definition) is 4. The summed E-state index contributed by atoms with van der Waals surface area (Å²) in [7, 11) is 0. The normalized spacial score (nSPS) is 16.4. The Kier molecular flexibility index (Phi) is 5.33. The summed E-state index contributed by atoms with van der Waals surface area (Å²) in [4.78, 5) is 35.0. The van der Waals surface area contributed by atoms with Gasteiger partial charge in [-0.25, -0.2) is 0 Å². The van der Waals surface area contributed by atoms with Crippen LogP contribution < -0.4 is 22.1 Å². The molecule has 124 valence electrons. The predicted octanol–water partition coefficient (Wildman–Crippen LogP) is 0.502. The average Bonchev–Trinajstić information content (AvgIpc) is 2.53. The van der Waals surface area contributed by atoms with Gasteiger partial charge in [0.2, 0.25) is 11.8 Å². The second kappa shape index (κ2) is 7.23. The van der Waals surface area contributed by atoms with Gasteiger partial charge in [-0.15, -0.1) is 0 Å². The third-order valence-corrected chi connectivity index (χ3v) is 4.00. The number of hydrogen-bond donors (Lipinski definition) is 4. The monoisotopic (exact) mass is 318 g/mol. The van der Waals surface area contributed by atoms with Crippen molar-refractivity contribution in [1.82, 2.24) is 5.32 Å². The lowest BCUT2D eigenvalue weighted by Crippen LogP contribution is -2.52. The summed E-state index contributed by atoms with van der Waals surface area (Å²) >= 11 is 0. The van der Waals surface area contributed by atoms with Gasteiger partial charge in [0.15, 0.2) is 0 Å². The van der Waals surface area contributed by atoms with Crippen LogP contribution in [0.5, 0.6) is 0 Å². The van der Waals surface area contributed by atoms with Crippen LogP contribution in [0.1, 0.15) is 42.5 Å². The molecule has 1 fully saturated rings. The minimum absolute atomic E-state index is 0.230. The van der Waals surface area contributed by atoms with Crippen molar-refractivity contribution < 1.29 is 14.4 Å². The number of nitrogens with one attached hydrogen (secondary N) is 2. The van der Waals surface area contributed by atoms with E-state index in [1.54, 1.807) is 24.3 Å². The lowest BCUT2D eigenvalue weighted by atomic mass is 9.82. The van der Waals surface area contributed by atoms with Crippen molar-refractivity contribution in [2.45, 2.75) is 37.6 Å². The molecular weight excluding hydrogens is 296 g/mol. The van der Waals surface area contributed by atoms with E-state index in [1.807, 2.05) is 0 Å². The molecule has 23 heavy (non-hydrogen) atoms. The van der Waals surface area contributed by atoms with Crippen LogP contribution in [0.3, 0.4) is 0 Å². The molecule has 7 heteroatoms. The fraction of sp³-hybridized carbons (Fsp3) is 0.438. The molecule has 1 aromatic rings. The minimum atomic E-state index is -0.845. The van der Waals surface area contributed by atoms with Crippen molar-refractivity contribution in [3.63, 3.8) is 0 Å². The number of nitrogens with two attached hydrogens (primary N) is 2. The maximum atomic E-state index is 12.4. The van der Waals surface area contributed by atoms with Gasteiger partial charge in [-0.1, -0.05) is 25.3 Å². The van der Waals surface area contributed by atoms with Gasteiger partial charge in [0, 0.05) is 11.3 Å². The molecule has 3 amide bonds. The summed E-state index contributed by atoms with van der Waals surface area (Å²) in [6, 6.07) is 6.47. The first kappa shape index (κ1) is 17.0. The highest BCUT2D eigenvalue weighted by Gasteiger charge is 2.35. The summed E-state index contributed by atoms with van der Waals surface area (Å²) in [6.45, 7) is -0.235. The highest BCUT2D eigenvalue weighted by atomic mass is 16.2. The molecule has 1 aliphatic rings. The van der Waals surface area contributed by atoms with Crippen LogP contribution in [-0.2, 0) is 9.59 Å². The van der Waals surface area contributed by atoms with E-state index < -0.39 is 17.4 Å². The van der Waals surface area contributed by atoms with E-state index in [-0.39, 0.29) is 12.5 Å². The predicted molar refractivity (Wildman–Crippen MR) is 86.6 cm³/mol. The Morgan fingerprint density at radius 3 is 2.48 bits per heavy atom. The molecule has 1 aromatic carbocycles. The van der Waals surface area contributed by atoms with Crippen LogP contribution in [0.25, 0.3) is 0 Å². The molecule has 0 spiro atoms. The summed E-state index contributed by atoms with van der Waals surface area (Å²) in [6.07, 6.45) is 4.32. The SMILES string of the molecule is NC(=O)CNC(=O)c1cccc(NC(=O)C2(N)CCCCC2)c1. The molecule has 0 radical (unpaired) electrons. The third kappa shape index (κ3) is 4.53. The minimum Gasteiger partial charge on any atom is -0.368 e. The zero-order valence-corrected chi connectivity index (χ0v) is 12.9. The second-order valence-electron chi connectivity index (χ2n) is 5.90. The van der Waals surface area contributed by atoms with Gasteiger partial charge >= 0.3 is 0 Å². The van der Waals surface area contributed by atoms with Gasteiger partial charge in [-0.2, -0.15) is 0 Å². The number of rotatable bonds is 5. The average molecular weight is 318 g/mol. The lowest BCUT2D eigenvalue weighted by molar-refractivity contribution is -0.122. The molecule has 1 aliphatic carbocycles. The number of carbonyl (C=O) groups is 3. The zero-order valence-electron chi connectivity index (χ0n) is 12.9. The number of amides is 3. The van der Waals surface area contributed by atoms with E-state index in [4.69, 9.17) is 11.5 Å². The van der Waals surface area contributed by atoms with Crippen molar-refractivity contribution in [2.75, 3.05) is 11.9 Å². The molecule has 0 aromatic heterocycles. The molecule has 2 rings (SSSR count). The molecular formula is C16H22N4O3. The standard InChI is InChI=1S/C16H22N4O3/c17-13(21)10-19-14(22)11-5-4-6-12(9-11)20-15(23)16(18)7-2-1-3-8-16/h4-6,9H,1-3,7-8,10,18H2,(H2,17,21)(H,19,22)(H,20,23). The summed E-state index contributed by atoms with van der Waals surface area (Å²) in [5.41, 5.74) is 11.2. The largest absolute Gasteiger partial charge is 0.368 e. The maximum absolute atomic E-state index is 12.4. The first-order chi connectivity index (χ1) is 10.9. The van der Waals surface area contributed by atoms with Gasteiger partial charge in [0.25, 0.3) is 5.91 Å². The van der Waals surface area contributed by atoms with Crippen LogP contribution >= 0.6 is 0 Å². The van der Waals surface area contributed by atoms with Crippen molar-refractivity contribution in [1.29, 1.82) is 0 Å². The highest BCUT2D eigenvalue weighted by Crippen LogP contribution is 2.27. The Balaban J connectivity index is 2.03. The second-order valence-corrected chi connectivity index (χ2v) is 5.90. The first-order valence-electron chi connectivity index (χ1n) is 7.68. The Morgan fingerprint density at radius 1 is 1.13 bits per heavy atom. The molecule has 0 aliphatic heterocycles. The molecule has 7 nitrogen and oxygen atoms in total. The molecule has 0 atom stereocenters. The molecule has 0 heterocycles. The fourth-order valence-electron chi connectivity index (χ4n) is 2.67. The summed E-state index contributed by atoms with van der Waals surface area (Å²) in [5, 5.41) is 5.18. The molecule has 0 saturated heterocycles. The molecule has 0 bridgehead atoms. The highest BCUT2D eigenvalue weighted by molar-refractivity contribution is 6.00. The molecule has 6 N–H and O–H groups in total. The topological polar surface area (TPSA) is 127 Å². The van der Waals surface area contributed by atoms with E-state index >= 15 is 0 Å². The van der Waals surface area contributed by atoms with Crippen molar-refractivity contribution in [3.05, 3.63) is 29.8 Å². The van der Waals surface area contributed by atoms with Crippen LogP contribution in [0.4, 0.5) is 5.69 Å². The zero-order chi connectivity index (χ0) is 16.9. The quantitative estimate of drug-likeness (QED) is 0.630. The Morgan fingerprint density at radius 2 is 1.83 bits per heavy atom. The summed E-state index contributed by atoms with van der Waals surface area (Å²) in [5.74, 6) is -1.28. The maximum Gasteiger partial charge on any atom is 0.251 e. The van der Waals surface area contributed by atoms with E-state index in [2.05, 4.69) is 10.6 Å². The third-order valence-electron chi connectivity index (χ3n) is 4.00. The van der Waals surface area contributed by atoms with Crippen LogP contribution in [-0.4, -0.2) is 29.8 Å². The number of benzene rings is 1. The van der Waals surface area contributed by atoms with Crippen molar-refractivity contribution >= 4 is 23.4 Å². The van der Waals surface area contributed by atoms with Crippen LogP contribution in [0.15, 0.2) is 24.3 Å². The number of primary amides is 1.